The van der Waals surface area contributed by atoms with Crippen molar-refractivity contribution < 1.29 is 29.0 Å². The van der Waals surface area contributed by atoms with Gasteiger partial charge in [0.25, 0.3) is 5.91 Å². The fraction of sp³-hybridized carbons (Fsp3) is 0.464. The van der Waals surface area contributed by atoms with E-state index in [1.807, 2.05) is 42.5 Å². The molecule has 3 aliphatic rings. The van der Waals surface area contributed by atoms with Gasteiger partial charge in [-0.2, -0.15) is 0 Å². The highest BCUT2D eigenvalue weighted by Crippen LogP contribution is 2.60. The molecule has 2 amide bonds. The molecule has 9 heteroatoms. The third-order valence-electron chi connectivity index (χ3n) is 7.88. The lowest BCUT2D eigenvalue weighted by Gasteiger charge is -2.38. The Morgan fingerprint density at radius 2 is 2.05 bits per heavy atom. The number of amides is 2. The van der Waals surface area contributed by atoms with Crippen LogP contribution in [0.4, 0.5) is 5.69 Å². The molecule has 5 rings (SSSR count). The molecule has 3 aliphatic heterocycles. The highest BCUT2D eigenvalue weighted by molar-refractivity contribution is 9.09. The Balaban J connectivity index is 1.61. The van der Waals surface area contributed by atoms with Gasteiger partial charge in [0, 0.05) is 17.1 Å². The number of aliphatic hydroxyl groups is 1. The smallest absolute Gasteiger partial charge is 0.312 e. The number of carbonyl (C=O) groups is 3. The van der Waals surface area contributed by atoms with Crippen molar-refractivity contribution in [3.63, 3.8) is 0 Å². The van der Waals surface area contributed by atoms with Crippen molar-refractivity contribution in [2.24, 2.45) is 11.8 Å². The normalized spacial score (nSPS) is 30.9. The first-order valence-electron chi connectivity index (χ1n) is 12.6. The van der Waals surface area contributed by atoms with E-state index in [-0.39, 0.29) is 36.4 Å². The highest BCUT2D eigenvalue weighted by atomic mass is 79.9. The summed E-state index contributed by atoms with van der Waals surface area (Å²) >= 11 is 3.64. The summed E-state index contributed by atoms with van der Waals surface area (Å²) in [6, 6.07) is 12.0. The number of halogens is 1. The number of carbonyl (C=O) groups excluding carboxylic acids is 3. The first-order valence-corrected chi connectivity index (χ1v) is 13.5. The lowest BCUT2D eigenvalue weighted by Crippen LogP contribution is -2.58. The summed E-state index contributed by atoms with van der Waals surface area (Å²) in [5.41, 5.74) is -0.554. The molecular formula is C28H31BrN2O6. The molecule has 0 saturated carbocycles. The van der Waals surface area contributed by atoms with Gasteiger partial charge >= 0.3 is 5.97 Å². The molecule has 3 unspecified atom stereocenters. The Hall–Kier alpha value is -2.75. The number of hydrogen-bond donors (Lipinski definition) is 1. The fourth-order valence-corrected chi connectivity index (χ4v) is 7.30. The third kappa shape index (κ3) is 3.90. The van der Waals surface area contributed by atoms with Crippen LogP contribution in [0.1, 0.15) is 20.3 Å². The number of nitrogens with zero attached hydrogens (tertiary/aromatic N) is 2. The molecule has 37 heavy (non-hydrogen) atoms. The van der Waals surface area contributed by atoms with Crippen LogP contribution in [0.15, 0.2) is 55.1 Å². The standard InChI is InChI=1S/C28H31BrN2O6/c1-4-12-30(19-11-10-17-8-6-7-9-18(17)13-19)26(34)24-28-14-20(29)23(37-28)21(27(35)36-5-2)22(28)25(33)31(24)16(3)15-32/h4,6-11,13,16,20-24,32H,1,5,12,14-15H2,2-3H3/t16-,20?,21+,22+,23+,24?,28?/m1/s1. The summed E-state index contributed by atoms with van der Waals surface area (Å²) < 4.78 is 11.8. The van der Waals surface area contributed by atoms with E-state index >= 15 is 0 Å². The van der Waals surface area contributed by atoms with Crippen molar-refractivity contribution in [1.82, 2.24) is 4.90 Å². The topological polar surface area (TPSA) is 96.4 Å². The first-order chi connectivity index (χ1) is 17.8. The molecule has 1 spiro atoms. The summed E-state index contributed by atoms with van der Waals surface area (Å²) in [4.78, 5) is 44.2. The maximum atomic E-state index is 14.5. The second-order valence-corrected chi connectivity index (χ2v) is 11.1. The van der Waals surface area contributed by atoms with Crippen LogP contribution >= 0.6 is 15.9 Å². The number of fused-ring (bicyclic) bond motifs is 2. The van der Waals surface area contributed by atoms with E-state index in [2.05, 4.69) is 22.5 Å². The van der Waals surface area contributed by atoms with Gasteiger partial charge in [-0.3, -0.25) is 14.4 Å². The van der Waals surface area contributed by atoms with E-state index in [0.29, 0.717) is 12.1 Å². The van der Waals surface area contributed by atoms with Crippen LogP contribution < -0.4 is 4.90 Å². The Bertz CT molecular complexity index is 1250. The van der Waals surface area contributed by atoms with Crippen molar-refractivity contribution in [2.45, 2.75) is 48.9 Å². The van der Waals surface area contributed by atoms with Crippen LogP contribution in [0, 0.1) is 11.8 Å². The summed E-state index contributed by atoms with van der Waals surface area (Å²) in [6.45, 7) is 7.32. The molecule has 8 nitrogen and oxygen atoms in total. The first kappa shape index (κ1) is 25.9. The van der Waals surface area contributed by atoms with Crippen LogP contribution in [0.3, 0.4) is 0 Å². The van der Waals surface area contributed by atoms with Gasteiger partial charge in [0.15, 0.2) is 0 Å². The number of rotatable bonds is 8. The van der Waals surface area contributed by atoms with E-state index in [9.17, 15) is 19.5 Å². The Kier molecular flexibility index (Phi) is 6.89. The molecule has 2 bridgehead atoms. The van der Waals surface area contributed by atoms with Crippen molar-refractivity contribution in [1.29, 1.82) is 0 Å². The predicted molar refractivity (Wildman–Crippen MR) is 142 cm³/mol. The molecule has 2 aromatic carbocycles. The Labute approximate surface area is 224 Å². The minimum Gasteiger partial charge on any atom is -0.466 e. The van der Waals surface area contributed by atoms with Crippen LogP contribution in [-0.2, 0) is 23.9 Å². The number of ether oxygens (including phenoxy) is 2. The lowest BCUT2D eigenvalue weighted by atomic mass is 9.70. The van der Waals surface area contributed by atoms with Gasteiger partial charge in [-0.25, -0.2) is 0 Å². The molecule has 7 atom stereocenters. The number of likely N-dealkylation sites (tertiary alicyclic amines) is 1. The predicted octanol–water partition coefficient (Wildman–Crippen LogP) is 3.05. The fourth-order valence-electron chi connectivity index (χ4n) is 6.36. The molecule has 0 aromatic heterocycles. The number of alkyl halides is 1. The van der Waals surface area contributed by atoms with E-state index in [1.54, 1.807) is 24.8 Å². The number of hydrogen-bond acceptors (Lipinski definition) is 6. The monoisotopic (exact) mass is 570 g/mol. The molecule has 3 heterocycles. The van der Waals surface area contributed by atoms with Crippen molar-refractivity contribution in [3.8, 4) is 0 Å². The summed E-state index contributed by atoms with van der Waals surface area (Å²) in [5, 5.41) is 12.1. The Morgan fingerprint density at radius 3 is 2.73 bits per heavy atom. The summed E-state index contributed by atoms with van der Waals surface area (Å²) in [5.74, 6) is -2.90. The molecule has 3 fully saturated rings. The number of esters is 1. The van der Waals surface area contributed by atoms with Crippen molar-refractivity contribution in [2.75, 3.05) is 24.7 Å². The molecule has 0 aliphatic carbocycles. The van der Waals surface area contributed by atoms with Gasteiger partial charge in [-0.05, 0) is 43.2 Å². The van der Waals surface area contributed by atoms with Gasteiger partial charge in [-0.15, -0.1) is 6.58 Å². The van der Waals surface area contributed by atoms with Gasteiger partial charge in [0.1, 0.15) is 11.6 Å². The van der Waals surface area contributed by atoms with Gasteiger partial charge in [0.2, 0.25) is 5.91 Å². The zero-order chi connectivity index (χ0) is 26.5. The molecule has 1 N–H and O–H groups in total. The zero-order valence-corrected chi connectivity index (χ0v) is 22.5. The average Bonchev–Trinajstić information content (AvgIpc) is 3.49. The largest absolute Gasteiger partial charge is 0.466 e. The maximum Gasteiger partial charge on any atom is 0.312 e. The van der Waals surface area contributed by atoms with Gasteiger partial charge in [0.05, 0.1) is 37.2 Å². The zero-order valence-electron chi connectivity index (χ0n) is 20.9. The maximum absolute atomic E-state index is 14.5. The summed E-state index contributed by atoms with van der Waals surface area (Å²) in [7, 11) is 0. The van der Waals surface area contributed by atoms with Gasteiger partial charge < -0.3 is 24.4 Å². The van der Waals surface area contributed by atoms with E-state index < -0.39 is 41.6 Å². The molecule has 2 aromatic rings. The minimum absolute atomic E-state index is 0.178. The molecular weight excluding hydrogens is 540 g/mol. The minimum atomic E-state index is -1.22. The van der Waals surface area contributed by atoms with Crippen molar-refractivity contribution >= 4 is 50.2 Å². The summed E-state index contributed by atoms with van der Waals surface area (Å²) in [6.07, 6.45) is 1.44. The van der Waals surface area contributed by atoms with E-state index in [0.717, 1.165) is 10.8 Å². The van der Waals surface area contributed by atoms with Crippen LogP contribution in [0.25, 0.3) is 10.8 Å². The lowest BCUT2D eigenvalue weighted by molar-refractivity contribution is -0.155. The molecule has 0 radical (unpaired) electrons. The number of aliphatic hydroxyl groups excluding tert-OH is 1. The second kappa shape index (κ2) is 9.85. The van der Waals surface area contributed by atoms with Crippen molar-refractivity contribution in [3.05, 3.63) is 55.1 Å². The molecule has 196 valence electrons. The molecule has 3 saturated heterocycles. The second-order valence-electron chi connectivity index (χ2n) is 9.96. The highest BCUT2D eigenvalue weighted by Gasteiger charge is 2.77. The van der Waals surface area contributed by atoms with E-state index in [1.165, 1.54) is 4.90 Å². The SMILES string of the molecule is C=CCN(C(=O)C1N([C@H](C)CO)C(=O)[C@@H]2[C@H](C(=O)OCC)[C@H]3OC12CC3Br)c1ccc2ccccc2c1. The van der Waals surface area contributed by atoms with Crippen LogP contribution in [-0.4, -0.2) is 76.2 Å². The number of benzene rings is 2. The average molecular weight is 571 g/mol. The number of anilines is 1. The van der Waals surface area contributed by atoms with Crippen LogP contribution in [0.2, 0.25) is 0 Å². The van der Waals surface area contributed by atoms with Crippen LogP contribution in [0.5, 0.6) is 0 Å². The third-order valence-corrected chi connectivity index (χ3v) is 8.73. The van der Waals surface area contributed by atoms with Gasteiger partial charge in [-0.1, -0.05) is 52.3 Å². The van der Waals surface area contributed by atoms with E-state index in [4.69, 9.17) is 9.47 Å². The quantitative estimate of drug-likeness (QED) is 0.298. The Morgan fingerprint density at radius 1 is 1.32 bits per heavy atom.